The molecule has 9 heteroatoms. The molecule has 0 aliphatic heterocycles. The van der Waals surface area contributed by atoms with Crippen LogP contribution in [0.15, 0.2) is 48.5 Å². The van der Waals surface area contributed by atoms with Crippen LogP contribution >= 0.6 is 0 Å². The number of nitrogens with one attached hydrogen (secondary N) is 3. The van der Waals surface area contributed by atoms with E-state index in [0.29, 0.717) is 18.8 Å². The monoisotopic (exact) mass is 429 g/mol. The average Bonchev–Trinajstić information content (AvgIpc) is 3.19. The number of benzene rings is 2. The number of rotatable bonds is 11. The van der Waals surface area contributed by atoms with Gasteiger partial charge in [0.15, 0.2) is 0 Å². The van der Waals surface area contributed by atoms with Crippen LogP contribution in [0.2, 0.25) is 0 Å². The average molecular weight is 430 g/mol. The molecular formula is C22H29F2N7. The highest BCUT2D eigenvalue weighted by Gasteiger charge is 2.17. The van der Waals surface area contributed by atoms with Gasteiger partial charge in [-0.05, 0) is 35.6 Å². The molecule has 0 fully saturated rings. The summed E-state index contributed by atoms with van der Waals surface area (Å²) in [4.78, 5) is 4.04. The van der Waals surface area contributed by atoms with Crippen LogP contribution in [0.4, 0.5) is 8.78 Å². The Bertz CT molecular complexity index is 957. The lowest BCUT2D eigenvalue weighted by molar-refractivity contribution is 0.140. The lowest BCUT2D eigenvalue weighted by Crippen LogP contribution is -2.48. The number of hydrazine groups is 3. The fourth-order valence-electron chi connectivity index (χ4n) is 3.46. The third-order valence-electron chi connectivity index (χ3n) is 5.10. The van der Waals surface area contributed by atoms with Crippen LogP contribution in [-0.4, -0.2) is 14.8 Å². The number of nitrogens with two attached hydrogens (primary N) is 1. The van der Waals surface area contributed by atoms with Crippen molar-refractivity contribution in [3.8, 4) is 11.1 Å². The lowest BCUT2D eigenvalue weighted by Gasteiger charge is -2.18. The smallest absolute Gasteiger partial charge is 0.257 e. The van der Waals surface area contributed by atoms with Crippen LogP contribution in [-0.2, 0) is 13.0 Å². The van der Waals surface area contributed by atoms with Crippen LogP contribution in [0.1, 0.15) is 61.9 Å². The van der Waals surface area contributed by atoms with Crippen LogP contribution in [0.5, 0.6) is 0 Å². The Morgan fingerprint density at radius 1 is 1.10 bits per heavy atom. The summed E-state index contributed by atoms with van der Waals surface area (Å²) in [7, 11) is 0. The van der Waals surface area contributed by atoms with E-state index in [2.05, 4.69) is 45.6 Å². The SMILES string of the molecule is CCCCc1nc(C(F)F)nn1Cc1ccc(-c2ccccc2C(C)NNNN)cc1. The van der Waals surface area contributed by atoms with Crippen molar-refractivity contribution >= 4 is 0 Å². The van der Waals surface area contributed by atoms with Gasteiger partial charge in [0.2, 0.25) is 5.82 Å². The van der Waals surface area contributed by atoms with Gasteiger partial charge in [0.25, 0.3) is 6.43 Å². The van der Waals surface area contributed by atoms with Crippen LogP contribution < -0.4 is 22.3 Å². The van der Waals surface area contributed by atoms with Crippen LogP contribution in [0, 0.1) is 0 Å². The maximum absolute atomic E-state index is 13.1. The van der Waals surface area contributed by atoms with Gasteiger partial charge in [-0.3, -0.25) is 5.84 Å². The number of aromatic nitrogens is 3. The summed E-state index contributed by atoms with van der Waals surface area (Å²) in [6.45, 7) is 4.50. The number of alkyl halides is 2. The second-order valence-electron chi connectivity index (χ2n) is 7.37. The van der Waals surface area contributed by atoms with Gasteiger partial charge in [0, 0.05) is 12.5 Å². The first kappa shape index (κ1) is 23.0. The third kappa shape index (κ3) is 5.92. The lowest BCUT2D eigenvalue weighted by atomic mass is 9.95. The van der Waals surface area contributed by atoms with E-state index in [-0.39, 0.29) is 6.04 Å². The van der Waals surface area contributed by atoms with E-state index in [9.17, 15) is 8.78 Å². The van der Waals surface area contributed by atoms with Gasteiger partial charge in [0.1, 0.15) is 5.82 Å². The molecule has 0 aliphatic carbocycles. The van der Waals surface area contributed by atoms with Crippen molar-refractivity contribution in [3.63, 3.8) is 0 Å². The van der Waals surface area contributed by atoms with Crippen LogP contribution in [0.25, 0.3) is 11.1 Å². The minimum atomic E-state index is -2.67. The predicted octanol–water partition coefficient (Wildman–Crippen LogP) is 3.81. The molecule has 1 heterocycles. The second-order valence-corrected chi connectivity index (χ2v) is 7.37. The van der Waals surface area contributed by atoms with Crippen LogP contribution in [0.3, 0.4) is 0 Å². The molecule has 3 rings (SSSR count). The summed E-state index contributed by atoms with van der Waals surface area (Å²) in [6.07, 6.45) is -0.175. The maximum Gasteiger partial charge on any atom is 0.299 e. The standard InChI is InChI=1S/C22H29F2N7/c1-3-4-9-20-26-22(21(23)24)28-31(20)14-16-10-12-17(13-11-16)19-8-6-5-7-18(19)15(2)27-30-29-25/h5-8,10-13,15,21,27,29-30H,3-4,9,14,25H2,1-2H3. The van der Waals surface area contributed by atoms with Gasteiger partial charge in [-0.2, -0.15) is 11.1 Å². The second kappa shape index (κ2) is 11.1. The van der Waals surface area contributed by atoms with E-state index >= 15 is 0 Å². The minimum absolute atomic E-state index is 0.0102. The minimum Gasteiger partial charge on any atom is -0.257 e. The molecule has 0 saturated heterocycles. The largest absolute Gasteiger partial charge is 0.299 e. The Labute approximate surface area is 181 Å². The molecule has 1 unspecified atom stereocenters. The highest BCUT2D eigenvalue weighted by molar-refractivity contribution is 5.68. The first-order chi connectivity index (χ1) is 15.0. The van der Waals surface area contributed by atoms with E-state index < -0.39 is 12.2 Å². The first-order valence-corrected chi connectivity index (χ1v) is 10.4. The van der Waals surface area contributed by atoms with Crippen molar-refractivity contribution in [3.05, 3.63) is 71.3 Å². The molecule has 2 aromatic carbocycles. The Morgan fingerprint density at radius 2 is 1.84 bits per heavy atom. The molecule has 1 atom stereocenters. The number of hydrogen-bond acceptors (Lipinski definition) is 6. The molecule has 1 aromatic heterocycles. The molecule has 7 nitrogen and oxygen atoms in total. The number of aryl methyl sites for hydroxylation is 1. The van der Waals surface area contributed by atoms with Crippen molar-refractivity contribution < 1.29 is 8.78 Å². The van der Waals surface area contributed by atoms with E-state index in [4.69, 9.17) is 5.84 Å². The molecule has 0 radical (unpaired) electrons. The molecule has 166 valence electrons. The summed E-state index contributed by atoms with van der Waals surface area (Å²) in [5, 5.41) is 4.03. The molecule has 31 heavy (non-hydrogen) atoms. The Kier molecular flexibility index (Phi) is 8.19. The predicted molar refractivity (Wildman–Crippen MR) is 117 cm³/mol. The van der Waals surface area contributed by atoms with Gasteiger partial charge in [-0.15, -0.1) is 5.10 Å². The van der Waals surface area contributed by atoms with Gasteiger partial charge in [0.05, 0.1) is 6.54 Å². The normalized spacial score (nSPS) is 12.5. The fraction of sp³-hybridized carbons (Fsp3) is 0.364. The molecule has 5 N–H and O–H groups in total. The van der Waals surface area contributed by atoms with Crippen molar-refractivity contribution in [2.45, 2.75) is 52.1 Å². The molecule has 0 spiro atoms. The summed E-state index contributed by atoms with van der Waals surface area (Å²) in [6, 6.07) is 16.2. The zero-order chi connectivity index (χ0) is 22.2. The molecule has 0 aliphatic rings. The molecular weight excluding hydrogens is 400 g/mol. The number of hydrogen-bond donors (Lipinski definition) is 4. The topological polar surface area (TPSA) is 92.8 Å². The van der Waals surface area contributed by atoms with Gasteiger partial charge >= 0.3 is 0 Å². The van der Waals surface area contributed by atoms with Crippen molar-refractivity contribution in [1.29, 1.82) is 0 Å². The van der Waals surface area contributed by atoms with Gasteiger partial charge in [-0.1, -0.05) is 61.9 Å². The zero-order valence-corrected chi connectivity index (χ0v) is 17.8. The van der Waals surface area contributed by atoms with E-state index in [0.717, 1.165) is 35.1 Å². The Balaban J connectivity index is 1.81. The summed E-state index contributed by atoms with van der Waals surface area (Å²) in [5.74, 6) is 5.46. The fourth-order valence-corrected chi connectivity index (χ4v) is 3.46. The Morgan fingerprint density at radius 3 is 2.52 bits per heavy atom. The Hall–Kier alpha value is -2.72. The molecule has 3 aromatic rings. The molecule has 0 saturated carbocycles. The third-order valence-corrected chi connectivity index (χ3v) is 5.10. The summed E-state index contributed by atoms with van der Waals surface area (Å²) >= 11 is 0. The molecule has 0 bridgehead atoms. The highest BCUT2D eigenvalue weighted by atomic mass is 19.3. The van der Waals surface area contributed by atoms with Gasteiger partial charge in [-0.25, -0.2) is 23.9 Å². The van der Waals surface area contributed by atoms with Gasteiger partial charge < -0.3 is 0 Å². The summed E-state index contributed by atoms with van der Waals surface area (Å²) < 4.78 is 27.8. The maximum atomic E-state index is 13.1. The number of halogens is 2. The quantitative estimate of drug-likeness (QED) is 0.274. The number of unbranched alkanes of at least 4 members (excludes halogenated alkanes) is 1. The van der Waals surface area contributed by atoms with E-state index in [1.54, 1.807) is 4.68 Å². The summed E-state index contributed by atoms with van der Waals surface area (Å²) in [5.41, 5.74) is 12.4. The number of nitrogens with zero attached hydrogens (tertiary/aromatic N) is 3. The zero-order valence-electron chi connectivity index (χ0n) is 17.8. The first-order valence-electron chi connectivity index (χ1n) is 10.4. The van der Waals surface area contributed by atoms with Crippen molar-refractivity contribution in [2.75, 3.05) is 0 Å². The highest BCUT2D eigenvalue weighted by Crippen LogP contribution is 2.28. The van der Waals surface area contributed by atoms with E-state index in [1.165, 1.54) is 0 Å². The van der Waals surface area contributed by atoms with Crippen molar-refractivity contribution in [2.24, 2.45) is 5.84 Å². The van der Waals surface area contributed by atoms with Crippen molar-refractivity contribution in [1.82, 2.24) is 31.3 Å². The van der Waals surface area contributed by atoms with E-state index in [1.807, 2.05) is 43.3 Å². The molecule has 0 amide bonds.